The number of benzene rings is 2. The van der Waals surface area contributed by atoms with E-state index in [-0.39, 0.29) is 63.6 Å². The first-order valence-corrected chi connectivity index (χ1v) is 11.8. The van der Waals surface area contributed by atoms with Gasteiger partial charge in [0.2, 0.25) is 0 Å². The normalized spacial score (nSPS) is 11.5. The molecule has 6 nitrogen and oxygen atoms in total. The zero-order valence-corrected chi connectivity index (χ0v) is 18.3. The molecule has 0 saturated carbocycles. The minimum absolute atomic E-state index is 0. The second-order valence-electron chi connectivity index (χ2n) is 6.24. The van der Waals surface area contributed by atoms with Gasteiger partial charge in [0.15, 0.2) is 5.82 Å². The summed E-state index contributed by atoms with van der Waals surface area (Å²) in [6, 6.07) is 11.6. The van der Waals surface area contributed by atoms with E-state index in [0.717, 1.165) is 22.8 Å². The van der Waals surface area contributed by atoms with Crippen LogP contribution in [0.4, 0.5) is 8.78 Å². The number of thioether (sulfide) groups is 1. The molecule has 2 N–H and O–H groups in total. The summed E-state index contributed by atoms with van der Waals surface area (Å²) in [5.41, 5.74) is -2.32. The first kappa shape index (κ1) is 29.5. The van der Waals surface area contributed by atoms with Gasteiger partial charge >= 0.3 is 72.4 Å². The van der Waals surface area contributed by atoms with Crippen molar-refractivity contribution in [1.82, 2.24) is 10.1 Å². The summed E-state index contributed by atoms with van der Waals surface area (Å²) in [6.45, 7) is 1.75. The summed E-state index contributed by atoms with van der Waals surface area (Å²) in [5.74, 6) is 2.26. The monoisotopic (exact) mass is 552 g/mol. The number of hydrogen-bond acceptors (Lipinski definition) is 5. The Hall–Kier alpha value is 0.420. The van der Waals surface area contributed by atoms with Crippen molar-refractivity contribution in [3.8, 4) is 11.5 Å². The molecule has 0 saturated heterocycles. The summed E-state index contributed by atoms with van der Waals surface area (Å²) in [6.07, 6.45) is 0. The maximum atomic E-state index is 13.9. The van der Waals surface area contributed by atoms with Gasteiger partial charge in [0.05, 0.1) is 0 Å². The molecule has 0 bridgehead atoms. The molecule has 13 heteroatoms. The van der Waals surface area contributed by atoms with Crippen molar-refractivity contribution < 1.29 is 27.7 Å². The van der Waals surface area contributed by atoms with Crippen LogP contribution < -0.4 is 0 Å². The summed E-state index contributed by atoms with van der Waals surface area (Å²) < 4.78 is 43.9. The van der Waals surface area contributed by atoms with Crippen LogP contribution in [0.25, 0.3) is 11.5 Å². The van der Waals surface area contributed by atoms with E-state index in [1.807, 2.05) is 24.3 Å². The molecule has 0 atom stereocenters. The molecule has 31 heavy (non-hydrogen) atoms. The van der Waals surface area contributed by atoms with E-state index in [2.05, 4.69) is 26.1 Å². The number of alkyl halides is 2. The Kier molecular flexibility index (Phi) is 11.6. The molecule has 0 aliphatic rings. The predicted octanol–water partition coefficient (Wildman–Crippen LogP) is 4.17. The molecule has 158 valence electrons. The van der Waals surface area contributed by atoms with E-state index in [1.165, 1.54) is 12.1 Å². The van der Waals surface area contributed by atoms with Crippen molar-refractivity contribution in [1.29, 1.82) is 0 Å². The standard InChI is InChI=1S/C18H16BrF2N2O4PS.2Na.2H/c1-11-22-17(27-23-11)14-5-2-12(3-6-14)9-29-10-13-4-7-15(16(19)8-13)18(20,21)28(24,25)26;;;;/h2-8H,9-10H2,1H3,(H2,24,25,26);;;;. The van der Waals surface area contributed by atoms with Crippen LogP contribution in [0.5, 0.6) is 0 Å². The molecular formula is C18H18BrF2N2Na2O4PS. The fourth-order valence-electron chi connectivity index (χ4n) is 2.49. The van der Waals surface area contributed by atoms with Gasteiger partial charge in [0, 0.05) is 27.1 Å². The molecule has 0 radical (unpaired) electrons. The second kappa shape index (κ2) is 12.2. The molecule has 0 amide bonds. The van der Waals surface area contributed by atoms with Crippen molar-refractivity contribution >= 4 is 94.4 Å². The van der Waals surface area contributed by atoms with E-state index < -0.39 is 18.8 Å². The number of nitrogens with zero attached hydrogens (tertiary/aromatic N) is 2. The van der Waals surface area contributed by atoms with Crippen molar-refractivity contribution in [2.45, 2.75) is 24.1 Å². The molecular weight excluding hydrogens is 535 g/mol. The predicted molar refractivity (Wildman–Crippen MR) is 124 cm³/mol. The molecule has 2 aromatic carbocycles. The fraction of sp³-hybridized carbons (Fsp3) is 0.222. The topological polar surface area (TPSA) is 96.5 Å². The van der Waals surface area contributed by atoms with Gasteiger partial charge < -0.3 is 14.3 Å². The van der Waals surface area contributed by atoms with E-state index in [0.29, 0.717) is 23.2 Å². The maximum absolute atomic E-state index is 13.9. The number of rotatable bonds is 7. The number of aryl methyl sites for hydroxylation is 1. The molecule has 0 spiro atoms. The molecule has 3 aromatic rings. The number of halogens is 3. The Morgan fingerprint density at radius 1 is 1.10 bits per heavy atom. The zero-order chi connectivity index (χ0) is 21.2. The van der Waals surface area contributed by atoms with Crippen LogP contribution in [0, 0.1) is 6.92 Å². The Morgan fingerprint density at radius 3 is 2.19 bits per heavy atom. The van der Waals surface area contributed by atoms with Crippen molar-refractivity contribution in [3.63, 3.8) is 0 Å². The third-order valence-electron chi connectivity index (χ3n) is 3.99. The van der Waals surface area contributed by atoms with Gasteiger partial charge in [-0.05, 0) is 36.2 Å². The minimum atomic E-state index is -5.60. The van der Waals surface area contributed by atoms with Crippen LogP contribution in [0.2, 0.25) is 0 Å². The zero-order valence-electron chi connectivity index (χ0n) is 15.1. The molecule has 0 unspecified atom stereocenters. The van der Waals surface area contributed by atoms with Crippen molar-refractivity contribution in [3.05, 3.63) is 69.5 Å². The molecule has 0 aliphatic heterocycles. The average molecular weight is 553 g/mol. The van der Waals surface area contributed by atoms with Crippen molar-refractivity contribution in [2.75, 3.05) is 0 Å². The summed E-state index contributed by atoms with van der Waals surface area (Å²) in [5, 5.41) is 3.76. The second-order valence-corrected chi connectivity index (χ2v) is 9.73. The Bertz CT molecular complexity index is 1070. The van der Waals surface area contributed by atoms with Crippen LogP contribution in [0.15, 0.2) is 51.5 Å². The molecule has 1 aromatic heterocycles. The van der Waals surface area contributed by atoms with Crippen molar-refractivity contribution in [2.24, 2.45) is 0 Å². The molecule has 0 aliphatic carbocycles. The van der Waals surface area contributed by atoms with Crippen LogP contribution >= 0.6 is 35.3 Å². The molecule has 3 rings (SSSR count). The molecule has 1 heterocycles. The Morgan fingerprint density at radius 2 is 1.68 bits per heavy atom. The van der Waals surface area contributed by atoms with Crippen LogP contribution in [-0.2, 0) is 21.7 Å². The summed E-state index contributed by atoms with van der Waals surface area (Å²) in [4.78, 5) is 21.9. The molecule has 0 fully saturated rings. The van der Waals surface area contributed by atoms with Crippen LogP contribution in [0.3, 0.4) is 0 Å². The summed E-state index contributed by atoms with van der Waals surface area (Å²) in [7, 11) is -5.60. The van der Waals surface area contributed by atoms with Gasteiger partial charge in [0.25, 0.3) is 5.89 Å². The van der Waals surface area contributed by atoms with Gasteiger partial charge in [0.1, 0.15) is 0 Å². The number of hydrogen-bond donors (Lipinski definition) is 2. The van der Waals surface area contributed by atoms with E-state index in [9.17, 15) is 13.3 Å². The van der Waals surface area contributed by atoms with Gasteiger partial charge in [-0.1, -0.05) is 45.4 Å². The fourth-order valence-corrected chi connectivity index (χ4v) is 4.78. The van der Waals surface area contributed by atoms with E-state index in [4.69, 9.17) is 14.3 Å². The quantitative estimate of drug-likeness (QED) is 0.335. The van der Waals surface area contributed by atoms with Gasteiger partial charge in [-0.15, -0.1) is 0 Å². The SMILES string of the molecule is Cc1noc(-c2ccc(CSCc3ccc(C(F)(F)P(=O)(O)O)c(Br)c3)cc2)n1.[NaH].[NaH]. The first-order valence-electron chi connectivity index (χ1n) is 8.27. The first-order chi connectivity index (χ1) is 13.6. The average Bonchev–Trinajstić information content (AvgIpc) is 3.07. The Labute approximate surface area is 234 Å². The number of aromatic nitrogens is 2. The third kappa shape index (κ3) is 7.45. The Balaban J connectivity index is 0.00000240. The van der Waals surface area contributed by atoms with E-state index in [1.54, 1.807) is 18.7 Å². The van der Waals surface area contributed by atoms with Gasteiger partial charge in [-0.3, -0.25) is 4.57 Å². The third-order valence-corrected chi connectivity index (χ3v) is 6.69. The van der Waals surface area contributed by atoms with Gasteiger partial charge in [-0.25, -0.2) is 0 Å². The van der Waals surface area contributed by atoms with Crippen LogP contribution in [-0.4, -0.2) is 79.0 Å². The van der Waals surface area contributed by atoms with Gasteiger partial charge in [-0.2, -0.15) is 25.5 Å². The van der Waals surface area contributed by atoms with Crippen LogP contribution in [0.1, 0.15) is 22.5 Å². The summed E-state index contributed by atoms with van der Waals surface area (Å²) >= 11 is 4.57. The van der Waals surface area contributed by atoms with E-state index >= 15 is 0 Å².